The zero-order valence-corrected chi connectivity index (χ0v) is 12.0. The molecule has 0 saturated carbocycles. The van der Waals surface area contributed by atoms with Gasteiger partial charge in [-0.25, -0.2) is 18.1 Å². The summed E-state index contributed by atoms with van der Waals surface area (Å²) in [6.45, 7) is 5.66. The topological polar surface area (TPSA) is 85.1 Å². The molecule has 0 aliphatic heterocycles. The molecule has 0 saturated heterocycles. The summed E-state index contributed by atoms with van der Waals surface area (Å²) in [5.41, 5.74) is 5.98. The lowest BCUT2D eigenvalue weighted by molar-refractivity contribution is 0.513. The second kappa shape index (κ2) is 5.79. The summed E-state index contributed by atoms with van der Waals surface area (Å²) >= 11 is 1.01. The van der Waals surface area contributed by atoms with Gasteiger partial charge in [0.15, 0.2) is 9.34 Å². The molecule has 5 nitrogen and oxygen atoms in total. The molecule has 0 aliphatic carbocycles. The number of sulfonamides is 1. The molecule has 0 bridgehead atoms. The minimum Gasteiger partial charge on any atom is -0.375 e. The van der Waals surface area contributed by atoms with Gasteiger partial charge in [0.1, 0.15) is 0 Å². The summed E-state index contributed by atoms with van der Waals surface area (Å²) in [5, 5.41) is 0.284. The Labute approximate surface area is 106 Å². The van der Waals surface area contributed by atoms with Crippen LogP contribution in [0.15, 0.2) is 4.21 Å². The number of anilines is 1. The summed E-state index contributed by atoms with van der Waals surface area (Å²) < 4.78 is 27.2. The van der Waals surface area contributed by atoms with Gasteiger partial charge in [-0.1, -0.05) is 31.6 Å². The largest absolute Gasteiger partial charge is 0.375 e. The molecule has 1 aromatic heterocycles. The molecule has 1 heterocycles. The lowest BCUT2D eigenvalue weighted by atomic mass is 10.1. The molecule has 1 unspecified atom stereocenters. The summed E-state index contributed by atoms with van der Waals surface area (Å²) in [6.07, 6.45) is 2.56. The van der Waals surface area contributed by atoms with Gasteiger partial charge in [-0.05, 0) is 19.8 Å². The third kappa shape index (κ3) is 3.65. The first-order valence-corrected chi connectivity index (χ1v) is 7.95. The van der Waals surface area contributed by atoms with Crippen molar-refractivity contribution in [3.63, 3.8) is 0 Å². The van der Waals surface area contributed by atoms with Crippen LogP contribution in [0.4, 0.5) is 5.13 Å². The van der Waals surface area contributed by atoms with Crippen molar-refractivity contribution in [3.05, 3.63) is 5.69 Å². The second-order valence-electron chi connectivity index (χ2n) is 3.94. The van der Waals surface area contributed by atoms with Crippen LogP contribution in [-0.4, -0.2) is 19.4 Å². The molecule has 0 aromatic carbocycles. The smallest absolute Gasteiger partial charge is 0.252 e. The third-order valence-electron chi connectivity index (χ3n) is 2.47. The fourth-order valence-electron chi connectivity index (χ4n) is 1.62. The van der Waals surface area contributed by atoms with Crippen molar-refractivity contribution in [3.8, 4) is 0 Å². The van der Waals surface area contributed by atoms with Crippen molar-refractivity contribution in [2.45, 2.75) is 50.3 Å². The molecular weight excluding hydrogens is 258 g/mol. The highest BCUT2D eigenvalue weighted by atomic mass is 32.2. The predicted molar refractivity (Wildman–Crippen MR) is 70.6 cm³/mol. The van der Waals surface area contributed by atoms with E-state index in [-0.39, 0.29) is 15.4 Å². The van der Waals surface area contributed by atoms with E-state index < -0.39 is 10.0 Å². The molecule has 98 valence electrons. The van der Waals surface area contributed by atoms with Crippen LogP contribution >= 0.6 is 11.3 Å². The third-order valence-corrected chi connectivity index (χ3v) is 5.58. The Bertz CT molecular complexity index is 468. The fourth-order valence-corrected chi connectivity index (χ4v) is 4.29. The van der Waals surface area contributed by atoms with Crippen molar-refractivity contribution in [1.29, 1.82) is 0 Å². The van der Waals surface area contributed by atoms with Gasteiger partial charge in [0.25, 0.3) is 10.0 Å². The molecule has 0 fully saturated rings. The van der Waals surface area contributed by atoms with Gasteiger partial charge in [-0.15, -0.1) is 0 Å². The molecular formula is C10H19N3O2S2. The number of nitrogens with one attached hydrogen (secondary N) is 1. The maximum atomic E-state index is 12.1. The molecule has 0 spiro atoms. The van der Waals surface area contributed by atoms with Gasteiger partial charge < -0.3 is 5.73 Å². The standard InChI is InChI=1S/C10H19N3O2S2/c1-4-6-8(5-2)13-17(14,15)9-7(3)12-10(11)16-9/h8,13H,4-6H2,1-3H3,(H2,11,12). The van der Waals surface area contributed by atoms with E-state index in [4.69, 9.17) is 5.73 Å². The minimum absolute atomic E-state index is 0.0206. The summed E-state index contributed by atoms with van der Waals surface area (Å²) in [6, 6.07) is -0.0206. The monoisotopic (exact) mass is 277 g/mol. The van der Waals surface area contributed by atoms with E-state index in [2.05, 4.69) is 9.71 Å². The Balaban J connectivity index is 2.92. The molecule has 7 heteroatoms. The number of nitrogens with two attached hydrogens (primary N) is 1. The quantitative estimate of drug-likeness (QED) is 0.831. The molecule has 0 amide bonds. The highest BCUT2D eigenvalue weighted by Crippen LogP contribution is 2.25. The molecule has 0 radical (unpaired) electrons. The zero-order valence-electron chi connectivity index (χ0n) is 10.4. The van der Waals surface area contributed by atoms with E-state index in [1.807, 2.05) is 13.8 Å². The van der Waals surface area contributed by atoms with Crippen LogP contribution < -0.4 is 10.5 Å². The number of aromatic nitrogens is 1. The number of rotatable bonds is 6. The van der Waals surface area contributed by atoms with Gasteiger partial charge in [0, 0.05) is 6.04 Å². The van der Waals surface area contributed by atoms with Gasteiger partial charge in [-0.3, -0.25) is 0 Å². The first kappa shape index (κ1) is 14.4. The Morgan fingerprint density at radius 3 is 2.53 bits per heavy atom. The number of aryl methyl sites for hydroxylation is 1. The lowest BCUT2D eigenvalue weighted by Crippen LogP contribution is -2.34. The van der Waals surface area contributed by atoms with Gasteiger partial charge in [-0.2, -0.15) is 0 Å². The van der Waals surface area contributed by atoms with E-state index in [0.717, 1.165) is 30.6 Å². The molecule has 1 rings (SSSR count). The minimum atomic E-state index is -3.48. The van der Waals surface area contributed by atoms with Crippen LogP contribution in [0.1, 0.15) is 38.8 Å². The van der Waals surface area contributed by atoms with E-state index in [1.165, 1.54) is 0 Å². The maximum Gasteiger partial charge on any atom is 0.252 e. The predicted octanol–water partition coefficient (Wildman–Crippen LogP) is 1.89. The van der Waals surface area contributed by atoms with Gasteiger partial charge >= 0.3 is 0 Å². The Kier molecular flexibility index (Phi) is 4.91. The van der Waals surface area contributed by atoms with E-state index >= 15 is 0 Å². The molecule has 0 aliphatic rings. The number of hydrogen-bond acceptors (Lipinski definition) is 5. The van der Waals surface area contributed by atoms with E-state index in [9.17, 15) is 8.42 Å². The molecule has 1 aromatic rings. The van der Waals surface area contributed by atoms with Crippen LogP contribution in [0.25, 0.3) is 0 Å². The Morgan fingerprint density at radius 1 is 1.47 bits per heavy atom. The highest BCUT2D eigenvalue weighted by Gasteiger charge is 2.23. The van der Waals surface area contributed by atoms with E-state index in [0.29, 0.717) is 5.69 Å². The highest BCUT2D eigenvalue weighted by molar-refractivity contribution is 7.91. The molecule has 1 atom stereocenters. The molecule has 3 N–H and O–H groups in total. The van der Waals surface area contributed by atoms with Crippen molar-refractivity contribution in [2.24, 2.45) is 0 Å². The van der Waals surface area contributed by atoms with Crippen LogP contribution in [0.2, 0.25) is 0 Å². The normalized spacial score (nSPS) is 13.8. The summed E-state index contributed by atoms with van der Waals surface area (Å²) in [5.74, 6) is 0. The SMILES string of the molecule is CCCC(CC)NS(=O)(=O)c1sc(N)nc1C. The second-order valence-corrected chi connectivity index (χ2v) is 6.88. The summed E-state index contributed by atoms with van der Waals surface area (Å²) in [7, 11) is -3.48. The average Bonchev–Trinajstić information content (AvgIpc) is 2.57. The first-order chi connectivity index (χ1) is 7.90. The number of nitrogens with zero attached hydrogens (tertiary/aromatic N) is 1. The van der Waals surface area contributed by atoms with Gasteiger partial charge in [0.05, 0.1) is 5.69 Å². The number of nitrogen functional groups attached to an aromatic ring is 1. The van der Waals surface area contributed by atoms with Crippen LogP contribution in [-0.2, 0) is 10.0 Å². The van der Waals surface area contributed by atoms with Crippen molar-refractivity contribution < 1.29 is 8.42 Å². The van der Waals surface area contributed by atoms with Crippen LogP contribution in [0, 0.1) is 6.92 Å². The Morgan fingerprint density at radius 2 is 2.12 bits per heavy atom. The summed E-state index contributed by atoms with van der Waals surface area (Å²) in [4.78, 5) is 3.93. The van der Waals surface area contributed by atoms with Crippen molar-refractivity contribution in [2.75, 3.05) is 5.73 Å². The lowest BCUT2D eigenvalue weighted by Gasteiger charge is -2.15. The fraction of sp³-hybridized carbons (Fsp3) is 0.700. The molecule has 17 heavy (non-hydrogen) atoms. The van der Waals surface area contributed by atoms with Crippen molar-refractivity contribution >= 4 is 26.5 Å². The van der Waals surface area contributed by atoms with E-state index in [1.54, 1.807) is 6.92 Å². The first-order valence-electron chi connectivity index (χ1n) is 5.66. The average molecular weight is 277 g/mol. The number of thiazole rings is 1. The van der Waals surface area contributed by atoms with Crippen LogP contribution in [0.3, 0.4) is 0 Å². The number of hydrogen-bond donors (Lipinski definition) is 2. The maximum absolute atomic E-state index is 12.1. The van der Waals surface area contributed by atoms with Crippen molar-refractivity contribution in [1.82, 2.24) is 9.71 Å². The van der Waals surface area contributed by atoms with Crippen LogP contribution in [0.5, 0.6) is 0 Å². The Hall–Kier alpha value is -0.660. The zero-order chi connectivity index (χ0) is 13.1. The van der Waals surface area contributed by atoms with Gasteiger partial charge in [0.2, 0.25) is 0 Å².